The Labute approximate surface area is 147 Å². The zero-order valence-electron chi connectivity index (χ0n) is 13.4. The van der Waals surface area contributed by atoms with Crippen LogP contribution >= 0.6 is 12.2 Å². The molecule has 2 aliphatic rings. The van der Waals surface area contributed by atoms with Gasteiger partial charge >= 0.3 is 0 Å². The molecule has 0 radical (unpaired) electrons. The highest BCUT2D eigenvalue weighted by atomic mass is 32.1. The van der Waals surface area contributed by atoms with Crippen LogP contribution in [-0.2, 0) is 15.0 Å². The van der Waals surface area contributed by atoms with Gasteiger partial charge in [0.05, 0.1) is 5.56 Å². The maximum atomic E-state index is 13.2. The highest BCUT2D eigenvalue weighted by molar-refractivity contribution is 7.71. The molecule has 1 aromatic carbocycles. The second-order valence-electron chi connectivity index (χ2n) is 6.09. The van der Waals surface area contributed by atoms with E-state index >= 15 is 0 Å². The van der Waals surface area contributed by atoms with Crippen molar-refractivity contribution in [3.63, 3.8) is 0 Å². The molecule has 1 aromatic heterocycles. The molecule has 1 unspecified atom stereocenters. The second kappa shape index (κ2) is 5.00. The number of fused-ring (bicyclic) bond motifs is 4. The van der Waals surface area contributed by atoms with Crippen molar-refractivity contribution in [3.05, 3.63) is 61.8 Å². The van der Waals surface area contributed by atoms with Gasteiger partial charge in [-0.2, -0.15) is 0 Å². The Kier molecular flexibility index (Phi) is 3.10. The summed E-state index contributed by atoms with van der Waals surface area (Å²) < 4.78 is 0.136. The predicted molar refractivity (Wildman–Crippen MR) is 95.1 cm³/mol. The minimum atomic E-state index is -1.51. The normalized spacial score (nSPS) is 20.8. The van der Waals surface area contributed by atoms with E-state index in [9.17, 15) is 14.4 Å². The number of carbonyl (C=O) groups is 2. The lowest BCUT2D eigenvalue weighted by atomic mass is 9.67. The summed E-state index contributed by atoms with van der Waals surface area (Å²) in [6.45, 7) is 3.09. The van der Waals surface area contributed by atoms with Crippen LogP contribution in [0.25, 0.3) is 0 Å². The number of allylic oxidation sites excluding steroid dienone is 1. The molecule has 7 nitrogen and oxygen atoms in total. The largest absolute Gasteiger partial charge is 0.345 e. The summed E-state index contributed by atoms with van der Waals surface area (Å²) in [6.07, 6.45) is 0. The molecule has 2 aromatic rings. The molecule has 1 amide bonds. The number of anilines is 2. The van der Waals surface area contributed by atoms with Crippen molar-refractivity contribution in [1.29, 1.82) is 0 Å². The first-order chi connectivity index (χ1) is 11.9. The van der Waals surface area contributed by atoms with Crippen LogP contribution < -0.4 is 16.2 Å². The van der Waals surface area contributed by atoms with Gasteiger partial charge in [-0.1, -0.05) is 18.2 Å². The summed E-state index contributed by atoms with van der Waals surface area (Å²) in [5, 5.41) is 5.81. The molecule has 3 heterocycles. The number of nitrogens with one attached hydrogen (secondary N) is 4. The monoisotopic (exact) mass is 354 g/mol. The quantitative estimate of drug-likeness (QED) is 0.586. The van der Waals surface area contributed by atoms with Crippen molar-refractivity contribution in [1.82, 2.24) is 9.97 Å². The Balaban J connectivity index is 2.24. The topological polar surface area (TPSA) is 107 Å². The number of H-pyrrole nitrogens is 2. The van der Waals surface area contributed by atoms with Crippen LogP contribution in [0.4, 0.5) is 11.5 Å². The number of para-hydroxylation sites is 1. The molecule has 1 atom stereocenters. The fourth-order valence-corrected chi connectivity index (χ4v) is 4.07. The van der Waals surface area contributed by atoms with Gasteiger partial charge in [-0.3, -0.25) is 19.4 Å². The number of rotatable bonds is 1. The fourth-order valence-electron chi connectivity index (χ4n) is 3.88. The highest BCUT2D eigenvalue weighted by Crippen LogP contribution is 2.51. The first-order valence-corrected chi connectivity index (χ1v) is 8.05. The summed E-state index contributed by atoms with van der Waals surface area (Å²) in [7, 11) is 0. The molecule has 2 aliphatic heterocycles. The number of aromatic amines is 2. The molecule has 4 N–H and O–H groups in total. The minimum Gasteiger partial charge on any atom is -0.345 e. The molecule has 0 saturated heterocycles. The van der Waals surface area contributed by atoms with E-state index in [0.717, 1.165) is 0 Å². The molecule has 0 aliphatic carbocycles. The molecular weight excluding hydrogens is 340 g/mol. The first kappa shape index (κ1) is 15.5. The van der Waals surface area contributed by atoms with Gasteiger partial charge in [-0.15, -0.1) is 0 Å². The Morgan fingerprint density at radius 3 is 2.56 bits per heavy atom. The van der Waals surface area contributed by atoms with Crippen molar-refractivity contribution in [3.8, 4) is 0 Å². The smallest absolute Gasteiger partial charge is 0.258 e. The van der Waals surface area contributed by atoms with Crippen LogP contribution in [0.1, 0.15) is 25.0 Å². The lowest BCUT2D eigenvalue weighted by Crippen LogP contribution is -2.48. The SMILES string of the molecule is CC(=O)C1=C(C)Nc2[nH]c(=S)[nH]c(=O)c2C12C(=O)Nc1ccccc12. The van der Waals surface area contributed by atoms with Crippen molar-refractivity contribution in [2.45, 2.75) is 19.3 Å². The van der Waals surface area contributed by atoms with Crippen LogP contribution in [-0.4, -0.2) is 21.7 Å². The number of aromatic nitrogens is 2. The average molecular weight is 354 g/mol. The van der Waals surface area contributed by atoms with E-state index < -0.39 is 16.9 Å². The third-order valence-corrected chi connectivity index (χ3v) is 4.86. The van der Waals surface area contributed by atoms with Crippen LogP contribution in [0.5, 0.6) is 0 Å². The van der Waals surface area contributed by atoms with Crippen LogP contribution in [0, 0.1) is 4.77 Å². The van der Waals surface area contributed by atoms with Gasteiger partial charge in [0, 0.05) is 22.5 Å². The summed E-state index contributed by atoms with van der Waals surface area (Å²) in [5.41, 5.74) is 0.0163. The standard InChI is InChI=1S/C17H14N4O3S/c1-7-11(8(2)22)17(9-5-3-4-6-10(9)19-15(17)24)12-13(18-7)20-16(25)21-14(12)23/h3-6H,1-2H3,(H,19,24)(H3,18,20,21,23,25). The maximum absolute atomic E-state index is 13.2. The van der Waals surface area contributed by atoms with Gasteiger partial charge in [0.15, 0.2) is 10.6 Å². The lowest BCUT2D eigenvalue weighted by Gasteiger charge is -2.35. The van der Waals surface area contributed by atoms with Gasteiger partial charge in [0.2, 0.25) is 5.91 Å². The summed E-state index contributed by atoms with van der Waals surface area (Å²) in [5.74, 6) is -0.399. The van der Waals surface area contributed by atoms with Crippen molar-refractivity contribution < 1.29 is 9.59 Å². The van der Waals surface area contributed by atoms with E-state index in [-0.39, 0.29) is 21.7 Å². The number of amides is 1. The van der Waals surface area contributed by atoms with E-state index in [1.807, 2.05) is 0 Å². The third-order valence-electron chi connectivity index (χ3n) is 4.65. The zero-order valence-corrected chi connectivity index (χ0v) is 14.3. The number of ketones is 1. The van der Waals surface area contributed by atoms with E-state index in [2.05, 4.69) is 20.6 Å². The highest BCUT2D eigenvalue weighted by Gasteiger charge is 2.57. The van der Waals surface area contributed by atoms with Gasteiger partial charge in [0.25, 0.3) is 5.56 Å². The van der Waals surface area contributed by atoms with Crippen molar-refractivity contribution in [2.24, 2.45) is 0 Å². The third kappa shape index (κ3) is 1.85. The first-order valence-electron chi connectivity index (χ1n) is 7.64. The van der Waals surface area contributed by atoms with Crippen LogP contribution in [0.2, 0.25) is 0 Å². The molecule has 0 bridgehead atoms. The van der Waals surface area contributed by atoms with E-state index in [4.69, 9.17) is 12.2 Å². The van der Waals surface area contributed by atoms with Gasteiger partial charge in [0.1, 0.15) is 11.2 Å². The maximum Gasteiger partial charge on any atom is 0.258 e. The molecule has 0 saturated carbocycles. The number of benzene rings is 1. The fraction of sp³-hybridized carbons (Fsp3) is 0.176. The number of carbonyl (C=O) groups excluding carboxylic acids is 2. The Morgan fingerprint density at radius 2 is 1.84 bits per heavy atom. The Hall–Kier alpha value is -3.00. The molecule has 1 spiro atoms. The Bertz CT molecular complexity index is 1110. The number of hydrogen-bond acceptors (Lipinski definition) is 5. The number of Topliss-reactive ketones (excluding diaryl/α,β-unsaturated/α-hetero) is 1. The van der Waals surface area contributed by atoms with Gasteiger partial charge < -0.3 is 15.6 Å². The van der Waals surface area contributed by atoms with Crippen molar-refractivity contribution >= 4 is 35.4 Å². The molecule has 8 heteroatoms. The zero-order chi connectivity index (χ0) is 17.9. The summed E-state index contributed by atoms with van der Waals surface area (Å²) in [4.78, 5) is 43.8. The molecule has 4 rings (SSSR count). The van der Waals surface area contributed by atoms with E-state index in [1.165, 1.54) is 6.92 Å². The van der Waals surface area contributed by atoms with Gasteiger partial charge in [-0.25, -0.2) is 0 Å². The van der Waals surface area contributed by atoms with E-state index in [0.29, 0.717) is 22.8 Å². The van der Waals surface area contributed by atoms with Crippen LogP contribution in [0.3, 0.4) is 0 Å². The summed E-state index contributed by atoms with van der Waals surface area (Å²) >= 11 is 5.04. The molecule has 0 fully saturated rings. The second-order valence-corrected chi connectivity index (χ2v) is 6.50. The molecule has 126 valence electrons. The van der Waals surface area contributed by atoms with E-state index in [1.54, 1.807) is 31.2 Å². The molecular formula is C17H14N4O3S. The van der Waals surface area contributed by atoms with Gasteiger partial charge in [-0.05, 0) is 32.1 Å². The average Bonchev–Trinajstić information content (AvgIpc) is 2.79. The van der Waals surface area contributed by atoms with Crippen molar-refractivity contribution in [2.75, 3.05) is 10.6 Å². The minimum absolute atomic E-state index is 0.136. The Morgan fingerprint density at radius 1 is 1.12 bits per heavy atom. The number of hydrogen-bond donors (Lipinski definition) is 4. The lowest BCUT2D eigenvalue weighted by molar-refractivity contribution is -0.121. The van der Waals surface area contributed by atoms with Crippen LogP contribution in [0.15, 0.2) is 40.3 Å². The summed E-state index contributed by atoms with van der Waals surface area (Å²) in [6, 6.07) is 7.05. The predicted octanol–water partition coefficient (Wildman–Crippen LogP) is 1.96. The molecule has 25 heavy (non-hydrogen) atoms.